The third-order valence-corrected chi connectivity index (χ3v) is 4.24. The number of hydrogen-bond acceptors (Lipinski definition) is 4. The van der Waals surface area contributed by atoms with Gasteiger partial charge in [-0.15, -0.1) is 0 Å². The summed E-state index contributed by atoms with van der Waals surface area (Å²) in [7, 11) is 0. The van der Waals surface area contributed by atoms with Gasteiger partial charge in [0.2, 0.25) is 0 Å². The fourth-order valence-corrected chi connectivity index (χ4v) is 2.73. The third kappa shape index (κ3) is 4.08. The second-order valence-electron chi connectivity index (χ2n) is 5.91. The highest BCUT2D eigenvalue weighted by molar-refractivity contribution is 5.93. The molecule has 2 aromatic heterocycles. The zero-order valence-corrected chi connectivity index (χ0v) is 15.1. The van der Waals surface area contributed by atoms with Crippen LogP contribution in [0.1, 0.15) is 29.9 Å². The van der Waals surface area contributed by atoms with E-state index in [1.807, 2.05) is 42.5 Å². The largest absolute Gasteiger partial charge is 0.357 e. The summed E-state index contributed by atoms with van der Waals surface area (Å²) in [6.45, 7) is 6.47. The molecule has 0 spiro atoms. The molecule has 1 aromatic carbocycles. The molecule has 0 saturated heterocycles. The van der Waals surface area contributed by atoms with Crippen LogP contribution >= 0.6 is 0 Å². The maximum Gasteiger partial charge on any atom is 0.269 e. The Bertz CT molecular complexity index is 838. The Hall–Kier alpha value is -3.15. The summed E-state index contributed by atoms with van der Waals surface area (Å²) in [5.41, 5.74) is 3.12. The second-order valence-corrected chi connectivity index (χ2v) is 5.91. The molecule has 0 atom stereocenters. The average Bonchev–Trinajstić information content (AvgIpc) is 3.19. The number of nitrogens with zero attached hydrogens (tertiary/aromatic N) is 3. The Kier molecular flexibility index (Phi) is 5.63. The number of carbonyl (C=O) groups is 1. The minimum Gasteiger partial charge on any atom is -0.357 e. The van der Waals surface area contributed by atoms with Crippen LogP contribution in [-0.4, -0.2) is 34.2 Å². The molecule has 6 heteroatoms. The van der Waals surface area contributed by atoms with E-state index in [2.05, 4.69) is 39.2 Å². The fraction of sp³-hybridized carbons (Fsp3) is 0.250. The van der Waals surface area contributed by atoms with Crippen molar-refractivity contribution in [3.05, 3.63) is 66.0 Å². The van der Waals surface area contributed by atoms with Gasteiger partial charge in [0.05, 0.1) is 5.69 Å². The van der Waals surface area contributed by atoms with Crippen LogP contribution < -0.4 is 10.2 Å². The zero-order valence-electron chi connectivity index (χ0n) is 15.1. The molecule has 3 rings (SSSR count). The van der Waals surface area contributed by atoms with E-state index in [1.165, 1.54) is 0 Å². The molecule has 3 aromatic rings. The topological polar surface area (TPSA) is 73.9 Å². The van der Waals surface area contributed by atoms with Crippen molar-refractivity contribution in [2.45, 2.75) is 20.4 Å². The summed E-state index contributed by atoms with van der Waals surface area (Å²) in [6.07, 6.45) is 1.80. The van der Waals surface area contributed by atoms with Crippen molar-refractivity contribution in [3.63, 3.8) is 0 Å². The van der Waals surface area contributed by atoms with Crippen LogP contribution in [-0.2, 0) is 6.54 Å². The van der Waals surface area contributed by atoms with Gasteiger partial charge in [0.25, 0.3) is 5.91 Å². The summed E-state index contributed by atoms with van der Waals surface area (Å²) in [4.78, 5) is 19.0. The first kappa shape index (κ1) is 17.7. The molecule has 0 unspecified atom stereocenters. The molecule has 0 aliphatic carbocycles. The standard InChI is InChI=1S/C20H23N5O/c1-3-25(4-2)19-11-10-15(13-21-19)14-22-20(26)18-12-17(23-24-18)16-8-6-5-7-9-16/h5-13H,3-4,14H2,1-2H3,(H,22,26)(H,23,24). The molecule has 1 amide bonds. The van der Waals surface area contributed by atoms with E-state index < -0.39 is 0 Å². The molecule has 0 aliphatic heterocycles. The highest BCUT2D eigenvalue weighted by atomic mass is 16.1. The minimum absolute atomic E-state index is 0.187. The molecular formula is C20H23N5O. The lowest BCUT2D eigenvalue weighted by Gasteiger charge is -2.19. The van der Waals surface area contributed by atoms with Gasteiger partial charge < -0.3 is 10.2 Å². The summed E-state index contributed by atoms with van der Waals surface area (Å²) >= 11 is 0. The van der Waals surface area contributed by atoms with Gasteiger partial charge in [0, 0.05) is 31.4 Å². The zero-order chi connectivity index (χ0) is 18.4. The number of hydrogen-bond donors (Lipinski definition) is 2. The van der Waals surface area contributed by atoms with Crippen molar-refractivity contribution in [3.8, 4) is 11.3 Å². The lowest BCUT2D eigenvalue weighted by molar-refractivity contribution is 0.0946. The highest BCUT2D eigenvalue weighted by Crippen LogP contribution is 2.17. The number of anilines is 1. The molecule has 0 fully saturated rings. The van der Waals surface area contributed by atoms with E-state index in [9.17, 15) is 4.79 Å². The lowest BCUT2D eigenvalue weighted by atomic mass is 10.1. The van der Waals surface area contributed by atoms with Gasteiger partial charge in [-0.2, -0.15) is 5.10 Å². The van der Waals surface area contributed by atoms with Gasteiger partial charge in [-0.3, -0.25) is 9.89 Å². The predicted octanol–water partition coefficient (Wildman–Crippen LogP) is 3.25. The van der Waals surface area contributed by atoms with Crippen LogP contribution in [0.15, 0.2) is 54.7 Å². The smallest absolute Gasteiger partial charge is 0.269 e. The van der Waals surface area contributed by atoms with E-state index in [0.29, 0.717) is 12.2 Å². The Morgan fingerprint density at radius 2 is 1.88 bits per heavy atom. The quantitative estimate of drug-likeness (QED) is 0.687. The van der Waals surface area contributed by atoms with Crippen molar-refractivity contribution >= 4 is 11.7 Å². The number of H-pyrrole nitrogens is 1. The van der Waals surface area contributed by atoms with Gasteiger partial charge >= 0.3 is 0 Å². The lowest BCUT2D eigenvalue weighted by Crippen LogP contribution is -2.24. The van der Waals surface area contributed by atoms with Crippen LogP contribution in [0.5, 0.6) is 0 Å². The van der Waals surface area contributed by atoms with Gasteiger partial charge in [-0.05, 0) is 31.5 Å². The predicted molar refractivity (Wildman–Crippen MR) is 103 cm³/mol. The molecular weight excluding hydrogens is 326 g/mol. The van der Waals surface area contributed by atoms with Crippen LogP contribution in [0, 0.1) is 0 Å². The van der Waals surface area contributed by atoms with Crippen LogP contribution in [0.25, 0.3) is 11.3 Å². The maximum atomic E-state index is 12.3. The first-order valence-electron chi connectivity index (χ1n) is 8.80. The van der Waals surface area contributed by atoms with Crippen LogP contribution in [0.2, 0.25) is 0 Å². The van der Waals surface area contributed by atoms with Crippen molar-refractivity contribution in [1.29, 1.82) is 0 Å². The number of carbonyl (C=O) groups excluding carboxylic acids is 1. The summed E-state index contributed by atoms with van der Waals surface area (Å²) in [6, 6.07) is 15.5. The second kappa shape index (κ2) is 8.29. The maximum absolute atomic E-state index is 12.3. The number of benzene rings is 1. The normalized spacial score (nSPS) is 10.5. The van der Waals surface area contributed by atoms with Crippen LogP contribution in [0.4, 0.5) is 5.82 Å². The monoisotopic (exact) mass is 349 g/mol. The van der Waals surface area contributed by atoms with Crippen LogP contribution in [0.3, 0.4) is 0 Å². The number of aromatic nitrogens is 3. The highest BCUT2D eigenvalue weighted by Gasteiger charge is 2.11. The van der Waals surface area contributed by atoms with E-state index in [-0.39, 0.29) is 5.91 Å². The van der Waals surface area contributed by atoms with E-state index in [0.717, 1.165) is 35.7 Å². The van der Waals surface area contributed by atoms with Gasteiger partial charge in [-0.1, -0.05) is 36.4 Å². The summed E-state index contributed by atoms with van der Waals surface area (Å²) < 4.78 is 0. The first-order chi connectivity index (χ1) is 12.7. The van der Waals surface area contributed by atoms with Gasteiger partial charge in [0.1, 0.15) is 11.5 Å². The Labute approximate surface area is 153 Å². The van der Waals surface area contributed by atoms with Gasteiger partial charge in [0.15, 0.2) is 0 Å². The summed E-state index contributed by atoms with van der Waals surface area (Å²) in [5, 5.41) is 9.90. The number of amides is 1. The molecule has 2 heterocycles. The van der Waals surface area contributed by atoms with Gasteiger partial charge in [-0.25, -0.2) is 4.98 Å². The third-order valence-electron chi connectivity index (χ3n) is 4.24. The Morgan fingerprint density at radius 1 is 1.12 bits per heavy atom. The number of pyridine rings is 1. The molecule has 6 nitrogen and oxygen atoms in total. The molecule has 0 bridgehead atoms. The minimum atomic E-state index is -0.187. The van der Waals surface area contributed by atoms with Crippen molar-refractivity contribution in [2.75, 3.05) is 18.0 Å². The first-order valence-corrected chi connectivity index (χ1v) is 8.80. The van der Waals surface area contributed by atoms with Crippen molar-refractivity contribution in [1.82, 2.24) is 20.5 Å². The molecule has 0 aliphatic rings. The van der Waals surface area contributed by atoms with E-state index in [4.69, 9.17) is 0 Å². The fourth-order valence-electron chi connectivity index (χ4n) is 2.73. The Balaban J connectivity index is 1.60. The van der Waals surface area contributed by atoms with Crippen molar-refractivity contribution in [2.24, 2.45) is 0 Å². The summed E-state index contributed by atoms with van der Waals surface area (Å²) in [5.74, 6) is 0.763. The molecule has 26 heavy (non-hydrogen) atoms. The number of rotatable bonds is 7. The molecule has 0 saturated carbocycles. The molecule has 2 N–H and O–H groups in total. The van der Waals surface area contributed by atoms with E-state index >= 15 is 0 Å². The molecule has 134 valence electrons. The Morgan fingerprint density at radius 3 is 2.54 bits per heavy atom. The van der Waals surface area contributed by atoms with E-state index in [1.54, 1.807) is 12.3 Å². The van der Waals surface area contributed by atoms with Crippen molar-refractivity contribution < 1.29 is 4.79 Å². The molecule has 0 radical (unpaired) electrons. The SMILES string of the molecule is CCN(CC)c1ccc(CNC(=O)c2cc(-c3ccccc3)n[nH]2)cn1. The number of nitrogens with one attached hydrogen (secondary N) is 2. The number of aromatic amines is 1. The average molecular weight is 349 g/mol.